The average molecular weight is 339 g/mol. The van der Waals surface area contributed by atoms with Crippen molar-refractivity contribution in [3.63, 3.8) is 0 Å². The normalized spacial score (nSPS) is 18.9. The van der Waals surface area contributed by atoms with Crippen molar-refractivity contribution in [3.8, 4) is 0 Å². The lowest BCUT2D eigenvalue weighted by Crippen LogP contribution is -2.30. The Morgan fingerprint density at radius 1 is 1.55 bits per heavy atom. The van der Waals surface area contributed by atoms with Gasteiger partial charge in [-0.25, -0.2) is 4.39 Å². The standard InChI is InChI=1S/C15H16BrFN2O/c1-2-19-8-10(15(20)13-4-3-5-18-13)9-6-11(16)12(17)7-14(9)19/h6-8,13,18H,2-5H2,1H3. The molecule has 0 saturated carbocycles. The van der Waals surface area contributed by atoms with E-state index in [1.807, 2.05) is 17.7 Å². The molecule has 1 aliphatic rings. The molecule has 106 valence electrons. The number of aryl methyl sites for hydroxylation is 1. The highest BCUT2D eigenvalue weighted by Gasteiger charge is 2.26. The molecule has 1 N–H and O–H groups in total. The number of fused-ring (bicyclic) bond motifs is 1. The third-order valence-electron chi connectivity index (χ3n) is 3.91. The first-order valence-electron chi connectivity index (χ1n) is 6.87. The molecule has 5 heteroatoms. The van der Waals surface area contributed by atoms with Gasteiger partial charge < -0.3 is 9.88 Å². The topological polar surface area (TPSA) is 34.0 Å². The highest BCUT2D eigenvalue weighted by atomic mass is 79.9. The van der Waals surface area contributed by atoms with Gasteiger partial charge >= 0.3 is 0 Å². The van der Waals surface area contributed by atoms with Crippen LogP contribution in [0.5, 0.6) is 0 Å². The fourth-order valence-corrected chi connectivity index (χ4v) is 3.18. The number of benzene rings is 1. The van der Waals surface area contributed by atoms with E-state index in [9.17, 15) is 9.18 Å². The van der Waals surface area contributed by atoms with Crippen LogP contribution < -0.4 is 5.32 Å². The van der Waals surface area contributed by atoms with Gasteiger partial charge in [0.2, 0.25) is 0 Å². The maximum absolute atomic E-state index is 13.7. The SMILES string of the molecule is CCn1cc(C(=O)C2CCCN2)c2cc(Br)c(F)cc21. The van der Waals surface area contributed by atoms with Crippen LogP contribution in [0.2, 0.25) is 0 Å². The van der Waals surface area contributed by atoms with Crippen LogP contribution in [0.3, 0.4) is 0 Å². The van der Waals surface area contributed by atoms with Crippen LogP contribution in [0.4, 0.5) is 4.39 Å². The minimum absolute atomic E-state index is 0.102. The number of rotatable bonds is 3. The molecule has 1 atom stereocenters. The Labute approximate surface area is 125 Å². The summed E-state index contributed by atoms with van der Waals surface area (Å²) >= 11 is 3.20. The predicted molar refractivity (Wildman–Crippen MR) is 80.6 cm³/mol. The predicted octanol–water partition coefficient (Wildman–Crippen LogP) is 3.50. The molecule has 1 unspecified atom stereocenters. The van der Waals surface area contributed by atoms with Gasteiger partial charge in [-0.15, -0.1) is 0 Å². The van der Waals surface area contributed by atoms with Gasteiger partial charge in [-0.05, 0) is 54.4 Å². The Hall–Kier alpha value is -1.20. The van der Waals surface area contributed by atoms with Crippen molar-refractivity contribution < 1.29 is 9.18 Å². The van der Waals surface area contributed by atoms with E-state index < -0.39 is 0 Å². The number of aromatic nitrogens is 1. The van der Waals surface area contributed by atoms with E-state index in [0.717, 1.165) is 30.3 Å². The molecule has 0 radical (unpaired) electrons. The molecule has 2 aromatic rings. The van der Waals surface area contributed by atoms with Gasteiger partial charge in [0.15, 0.2) is 5.78 Å². The summed E-state index contributed by atoms with van der Waals surface area (Å²) in [6.07, 6.45) is 3.75. The number of hydrogen-bond acceptors (Lipinski definition) is 2. The Morgan fingerprint density at radius 2 is 2.35 bits per heavy atom. The lowest BCUT2D eigenvalue weighted by Gasteiger charge is -2.07. The number of nitrogens with zero attached hydrogens (tertiary/aromatic N) is 1. The summed E-state index contributed by atoms with van der Waals surface area (Å²) in [4.78, 5) is 12.6. The molecule has 1 aliphatic heterocycles. The van der Waals surface area contributed by atoms with E-state index >= 15 is 0 Å². The van der Waals surface area contributed by atoms with Gasteiger partial charge in [-0.1, -0.05) is 0 Å². The number of carbonyl (C=O) groups is 1. The molecule has 2 heterocycles. The lowest BCUT2D eigenvalue weighted by atomic mass is 10.0. The zero-order chi connectivity index (χ0) is 14.3. The molecule has 1 aromatic carbocycles. The first-order valence-corrected chi connectivity index (χ1v) is 7.66. The molecule has 20 heavy (non-hydrogen) atoms. The molecule has 3 nitrogen and oxygen atoms in total. The van der Waals surface area contributed by atoms with Crippen LogP contribution in [0.25, 0.3) is 10.9 Å². The van der Waals surface area contributed by atoms with E-state index in [-0.39, 0.29) is 17.6 Å². The zero-order valence-corrected chi connectivity index (χ0v) is 12.8. The van der Waals surface area contributed by atoms with Crippen molar-refractivity contribution in [1.29, 1.82) is 0 Å². The van der Waals surface area contributed by atoms with Crippen molar-refractivity contribution >= 4 is 32.6 Å². The second-order valence-electron chi connectivity index (χ2n) is 5.13. The molecule has 1 fully saturated rings. The third kappa shape index (κ3) is 2.19. The summed E-state index contributed by atoms with van der Waals surface area (Å²) in [6.45, 7) is 3.59. The summed E-state index contributed by atoms with van der Waals surface area (Å²) in [5.74, 6) is -0.193. The Bertz CT molecular complexity index is 674. The number of halogens is 2. The summed E-state index contributed by atoms with van der Waals surface area (Å²) in [5, 5.41) is 4.05. The van der Waals surface area contributed by atoms with Crippen LogP contribution in [-0.4, -0.2) is 22.9 Å². The number of nitrogens with one attached hydrogen (secondary N) is 1. The Morgan fingerprint density at radius 3 is 3.00 bits per heavy atom. The first-order chi connectivity index (χ1) is 9.61. The smallest absolute Gasteiger partial charge is 0.181 e. The van der Waals surface area contributed by atoms with E-state index in [1.165, 1.54) is 6.07 Å². The number of ketones is 1. The fourth-order valence-electron chi connectivity index (χ4n) is 2.84. The maximum Gasteiger partial charge on any atom is 0.181 e. The Balaban J connectivity index is 2.15. The molecular weight excluding hydrogens is 323 g/mol. The molecule has 1 saturated heterocycles. The first kappa shape index (κ1) is 13.8. The largest absolute Gasteiger partial charge is 0.347 e. The average Bonchev–Trinajstić information content (AvgIpc) is 3.06. The van der Waals surface area contributed by atoms with Gasteiger partial charge in [0.1, 0.15) is 5.82 Å². The minimum atomic E-state index is -0.303. The van der Waals surface area contributed by atoms with E-state index in [2.05, 4.69) is 21.2 Å². The van der Waals surface area contributed by atoms with Gasteiger partial charge in [-0.2, -0.15) is 0 Å². The van der Waals surface area contributed by atoms with Gasteiger partial charge in [0.25, 0.3) is 0 Å². The van der Waals surface area contributed by atoms with Crippen LogP contribution >= 0.6 is 15.9 Å². The number of carbonyl (C=O) groups excluding carboxylic acids is 1. The molecule has 0 bridgehead atoms. The molecule has 1 aromatic heterocycles. The van der Waals surface area contributed by atoms with Gasteiger partial charge in [-0.3, -0.25) is 4.79 Å². The maximum atomic E-state index is 13.7. The number of Topliss-reactive ketones (excluding diaryl/α,β-unsaturated/α-hetero) is 1. The van der Waals surface area contributed by atoms with E-state index in [4.69, 9.17) is 0 Å². The van der Waals surface area contributed by atoms with Crippen molar-refractivity contribution in [2.24, 2.45) is 0 Å². The summed E-state index contributed by atoms with van der Waals surface area (Å²) < 4.78 is 16.0. The van der Waals surface area contributed by atoms with Crippen molar-refractivity contribution in [1.82, 2.24) is 9.88 Å². The van der Waals surface area contributed by atoms with Gasteiger partial charge in [0, 0.05) is 23.7 Å². The third-order valence-corrected chi connectivity index (χ3v) is 4.51. The molecular formula is C15H16BrFN2O. The van der Waals surface area contributed by atoms with Crippen molar-refractivity contribution in [2.75, 3.05) is 6.54 Å². The van der Waals surface area contributed by atoms with Crippen LogP contribution in [0.15, 0.2) is 22.8 Å². The summed E-state index contributed by atoms with van der Waals surface area (Å²) in [7, 11) is 0. The van der Waals surface area contributed by atoms with E-state index in [0.29, 0.717) is 16.6 Å². The zero-order valence-electron chi connectivity index (χ0n) is 11.2. The van der Waals surface area contributed by atoms with Crippen LogP contribution in [-0.2, 0) is 6.54 Å². The van der Waals surface area contributed by atoms with E-state index in [1.54, 1.807) is 6.07 Å². The van der Waals surface area contributed by atoms with Crippen LogP contribution in [0.1, 0.15) is 30.1 Å². The second-order valence-corrected chi connectivity index (χ2v) is 5.98. The molecule has 0 spiro atoms. The molecule has 3 rings (SSSR count). The monoisotopic (exact) mass is 338 g/mol. The van der Waals surface area contributed by atoms with Crippen molar-refractivity contribution in [3.05, 3.63) is 34.2 Å². The lowest BCUT2D eigenvalue weighted by molar-refractivity contribution is 0.0953. The highest BCUT2D eigenvalue weighted by molar-refractivity contribution is 9.10. The van der Waals surface area contributed by atoms with Gasteiger partial charge in [0.05, 0.1) is 16.0 Å². The van der Waals surface area contributed by atoms with Crippen LogP contribution in [0, 0.1) is 5.82 Å². The Kier molecular flexibility index (Phi) is 3.65. The fraction of sp³-hybridized carbons (Fsp3) is 0.400. The highest BCUT2D eigenvalue weighted by Crippen LogP contribution is 2.29. The molecule has 0 amide bonds. The summed E-state index contributed by atoms with van der Waals surface area (Å²) in [5.41, 5.74) is 1.46. The summed E-state index contributed by atoms with van der Waals surface area (Å²) in [6, 6.07) is 3.09. The second kappa shape index (κ2) is 5.30. The van der Waals surface area contributed by atoms with Crippen molar-refractivity contribution in [2.45, 2.75) is 32.4 Å². The number of hydrogen-bond donors (Lipinski definition) is 1. The molecule has 0 aliphatic carbocycles. The quantitative estimate of drug-likeness (QED) is 0.869. The minimum Gasteiger partial charge on any atom is -0.347 e.